The normalized spacial score (nSPS) is 15.6. The van der Waals surface area contributed by atoms with Crippen molar-refractivity contribution in [3.05, 3.63) is 29.6 Å². The topological polar surface area (TPSA) is 64.9 Å². The zero-order valence-electron chi connectivity index (χ0n) is 10.6. The average molecular weight is 261 g/mol. The quantitative estimate of drug-likeness (QED) is 0.858. The Morgan fingerprint density at radius 2 is 2.05 bits per heavy atom. The molecule has 0 heterocycles. The van der Waals surface area contributed by atoms with Gasteiger partial charge < -0.3 is 10.6 Å². The summed E-state index contributed by atoms with van der Waals surface area (Å²) in [7, 11) is 0. The Bertz CT molecular complexity index is 504. The van der Waals surface area contributed by atoms with E-state index in [0.717, 1.165) is 31.7 Å². The van der Waals surface area contributed by atoms with E-state index in [-0.39, 0.29) is 17.3 Å². The van der Waals surface area contributed by atoms with E-state index in [1.54, 1.807) is 0 Å². The molecule has 1 aliphatic rings. The number of hydrogen-bond donors (Lipinski definition) is 2. The van der Waals surface area contributed by atoms with Crippen LogP contribution in [0.4, 0.5) is 14.9 Å². The first kappa shape index (κ1) is 13.3. The van der Waals surface area contributed by atoms with Crippen molar-refractivity contribution in [3.8, 4) is 6.07 Å². The molecular weight excluding hydrogens is 245 g/mol. The summed E-state index contributed by atoms with van der Waals surface area (Å²) in [4.78, 5) is 11.7. The zero-order chi connectivity index (χ0) is 13.7. The molecule has 0 saturated heterocycles. The Morgan fingerprint density at radius 3 is 2.68 bits per heavy atom. The summed E-state index contributed by atoms with van der Waals surface area (Å²) in [5.74, 6) is -0.599. The van der Waals surface area contributed by atoms with Gasteiger partial charge >= 0.3 is 6.03 Å². The molecule has 0 aliphatic heterocycles. The molecule has 2 N–H and O–H groups in total. The molecule has 0 unspecified atom stereocenters. The van der Waals surface area contributed by atoms with E-state index in [4.69, 9.17) is 5.26 Å². The summed E-state index contributed by atoms with van der Waals surface area (Å²) in [6, 6.07) is 5.60. The van der Waals surface area contributed by atoms with Gasteiger partial charge in [-0.1, -0.05) is 19.3 Å². The van der Waals surface area contributed by atoms with Gasteiger partial charge in [0.25, 0.3) is 0 Å². The van der Waals surface area contributed by atoms with Crippen molar-refractivity contribution in [1.29, 1.82) is 5.26 Å². The second-order valence-corrected chi connectivity index (χ2v) is 4.74. The highest BCUT2D eigenvalue weighted by atomic mass is 19.1. The van der Waals surface area contributed by atoms with Gasteiger partial charge in [0.1, 0.15) is 5.82 Å². The van der Waals surface area contributed by atoms with Gasteiger partial charge in [0, 0.05) is 6.04 Å². The molecule has 1 saturated carbocycles. The number of hydrogen-bond acceptors (Lipinski definition) is 2. The lowest BCUT2D eigenvalue weighted by Crippen LogP contribution is -2.39. The summed E-state index contributed by atoms with van der Waals surface area (Å²) >= 11 is 0. The standard InChI is InChI=1S/C14H16FN3O/c15-12-8-10(9-16)6-7-13(12)18-14(19)17-11-4-2-1-3-5-11/h6-8,11H,1-5H2,(H2,17,18,19). The van der Waals surface area contributed by atoms with Crippen LogP contribution in [0.3, 0.4) is 0 Å². The molecule has 19 heavy (non-hydrogen) atoms. The maximum absolute atomic E-state index is 13.6. The highest BCUT2D eigenvalue weighted by Crippen LogP contribution is 2.18. The zero-order valence-corrected chi connectivity index (χ0v) is 10.6. The Kier molecular flexibility index (Phi) is 4.35. The summed E-state index contributed by atoms with van der Waals surface area (Å²) in [6.07, 6.45) is 5.41. The molecule has 0 bridgehead atoms. The van der Waals surface area contributed by atoms with Crippen molar-refractivity contribution in [1.82, 2.24) is 5.32 Å². The van der Waals surface area contributed by atoms with Crippen molar-refractivity contribution >= 4 is 11.7 Å². The third-order valence-corrected chi connectivity index (χ3v) is 3.29. The number of nitrogens with one attached hydrogen (secondary N) is 2. The van der Waals surface area contributed by atoms with E-state index in [2.05, 4.69) is 10.6 Å². The van der Waals surface area contributed by atoms with E-state index in [1.165, 1.54) is 18.6 Å². The fourth-order valence-corrected chi connectivity index (χ4v) is 2.28. The predicted molar refractivity (Wildman–Crippen MR) is 70.1 cm³/mol. The van der Waals surface area contributed by atoms with Crippen molar-refractivity contribution in [3.63, 3.8) is 0 Å². The van der Waals surface area contributed by atoms with Crippen LogP contribution in [0.15, 0.2) is 18.2 Å². The first-order valence-electron chi connectivity index (χ1n) is 6.46. The summed E-state index contributed by atoms with van der Waals surface area (Å²) < 4.78 is 13.6. The number of anilines is 1. The van der Waals surface area contributed by atoms with E-state index in [1.807, 2.05) is 6.07 Å². The number of carbonyl (C=O) groups excluding carboxylic acids is 1. The van der Waals surface area contributed by atoms with E-state index in [9.17, 15) is 9.18 Å². The molecular formula is C14H16FN3O. The number of nitrogens with zero attached hydrogens (tertiary/aromatic N) is 1. The fourth-order valence-electron chi connectivity index (χ4n) is 2.28. The van der Waals surface area contributed by atoms with Crippen LogP contribution in [0.25, 0.3) is 0 Å². The largest absolute Gasteiger partial charge is 0.335 e. The molecule has 0 aromatic heterocycles. The average Bonchev–Trinajstić information content (AvgIpc) is 2.42. The minimum Gasteiger partial charge on any atom is -0.335 e. The molecule has 0 atom stereocenters. The predicted octanol–water partition coefficient (Wildman–Crippen LogP) is 3.15. The fraction of sp³-hybridized carbons (Fsp3) is 0.429. The maximum Gasteiger partial charge on any atom is 0.319 e. The lowest BCUT2D eigenvalue weighted by atomic mass is 9.96. The Labute approximate surface area is 111 Å². The van der Waals surface area contributed by atoms with Gasteiger partial charge in [-0.05, 0) is 31.0 Å². The number of urea groups is 1. The van der Waals surface area contributed by atoms with Crippen LogP contribution in [0.5, 0.6) is 0 Å². The van der Waals surface area contributed by atoms with Gasteiger partial charge in [-0.2, -0.15) is 5.26 Å². The van der Waals surface area contributed by atoms with Gasteiger partial charge in [0.05, 0.1) is 17.3 Å². The molecule has 1 aromatic carbocycles. The number of halogens is 1. The molecule has 0 spiro atoms. The molecule has 1 aromatic rings. The van der Waals surface area contributed by atoms with Gasteiger partial charge in [-0.15, -0.1) is 0 Å². The highest BCUT2D eigenvalue weighted by molar-refractivity contribution is 5.89. The van der Waals surface area contributed by atoms with E-state index >= 15 is 0 Å². The Morgan fingerprint density at radius 1 is 1.32 bits per heavy atom. The van der Waals surface area contributed by atoms with Crippen molar-refractivity contribution in [2.24, 2.45) is 0 Å². The summed E-state index contributed by atoms with van der Waals surface area (Å²) in [6.45, 7) is 0. The Balaban J connectivity index is 1.93. The maximum atomic E-state index is 13.6. The molecule has 0 radical (unpaired) electrons. The minimum atomic E-state index is -0.599. The summed E-state index contributed by atoms with van der Waals surface area (Å²) in [5.41, 5.74) is 0.322. The Hall–Kier alpha value is -2.09. The van der Waals surface area contributed by atoms with Crippen molar-refractivity contribution in [2.45, 2.75) is 38.1 Å². The van der Waals surface area contributed by atoms with Crippen LogP contribution in [0.1, 0.15) is 37.7 Å². The van der Waals surface area contributed by atoms with Crippen LogP contribution in [-0.2, 0) is 0 Å². The third-order valence-electron chi connectivity index (χ3n) is 3.29. The van der Waals surface area contributed by atoms with Gasteiger partial charge in [0.15, 0.2) is 0 Å². The third kappa shape index (κ3) is 3.68. The number of carbonyl (C=O) groups is 1. The number of rotatable bonds is 2. The van der Waals surface area contributed by atoms with Gasteiger partial charge in [-0.3, -0.25) is 0 Å². The van der Waals surface area contributed by atoms with E-state index in [0.29, 0.717) is 0 Å². The molecule has 100 valence electrons. The van der Waals surface area contributed by atoms with Crippen molar-refractivity contribution < 1.29 is 9.18 Å². The second-order valence-electron chi connectivity index (χ2n) is 4.74. The van der Waals surface area contributed by atoms with Gasteiger partial charge in [0.2, 0.25) is 0 Å². The molecule has 1 aliphatic carbocycles. The molecule has 4 nitrogen and oxygen atoms in total. The molecule has 1 fully saturated rings. The summed E-state index contributed by atoms with van der Waals surface area (Å²) in [5, 5.41) is 14.0. The first-order chi connectivity index (χ1) is 9.19. The van der Waals surface area contributed by atoms with Gasteiger partial charge in [-0.25, -0.2) is 9.18 Å². The number of benzene rings is 1. The second kappa shape index (κ2) is 6.19. The highest BCUT2D eigenvalue weighted by Gasteiger charge is 2.16. The monoisotopic (exact) mass is 261 g/mol. The smallest absolute Gasteiger partial charge is 0.319 e. The van der Waals surface area contributed by atoms with E-state index < -0.39 is 11.8 Å². The molecule has 2 amide bonds. The van der Waals surface area contributed by atoms with Crippen LogP contribution in [-0.4, -0.2) is 12.1 Å². The van der Waals surface area contributed by atoms with Crippen molar-refractivity contribution in [2.75, 3.05) is 5.32 Å². The number of nitriles is 1. The van der Waals surface area contributed by atoms with Crippen LogP contribution < -0.4 is 10.6 Å². The lowest BCUT2D eigenvalue weighted by molar-refractivity contribution is 0.244. The van der Waals surface area contributed by atoms with Crippen LogP contribution in [0, 0.1) is 17.1 Å². The molecule has 2 rings (SSSR count). The lowest BCUT2D eigenvalue weighted by Gasteiger charge is -2.22. The van der Waals surface area contributed by atoms with Crippen LogP contribution in [0.2, 0.25) is 0 Å². The number of amides is 2. The first-order valence-corrected chi connectivity index (χ1v) is 6.46. The van der Waals surface area contributed by atoms with Crippen LogP contribution >= 0.6 is 0 Å². The SMILES string of the molecule is N#Cc1ccc(NC(=O)NC2CCCCC2)c(F)c1. The molecule has 5 heteroatoms. The minimum absolute atomic E-state index is 0.0901.